The van der Waals surface area contributed by atoms with Gasteiger partial charge in [-0.05, 0) is 35.7 Å². The summed E-state index contributed by atoms with van der Waals surface area (Å²) in [5.41, 5.74) is 1.37. The minimum absolute atomic E-state index is 0.0372. The fourth-order valence-corrected chi connectivity index (χ4v) is 4.28. The summed E-state index contributed by atoms with van der Waals surface area (Å²) in [6.07, 6.45) is 0.480. The second-order valence-electron chi connectivity index (χ2n) is 9.14. The third-order valence-corrected chi connectivity index (χ3v) is 6.27. The molecule has 0 aromatic heterocycles. The van der Waals surface area contributed by atoms with E-state index >= 15 is 0 Å². The first kappa shape index (κ1) is 26.6. The van der Waals surface area contributed by atoms with E-state index in [1.54, 1.807) is 18.2 Å². The van der Waals surface area contributed by atoms with Crippen LogP contribution in [0.3, 0.4) is 0 Å². The van der Waals surface area contributed by atoms with Gasteiger partial charge in [0, 0.05) is 18.4 Å². The summed E-state index contributed by atoms with van der Waals surface area (Å²) < 4.78 is 0. The van der Waals surface area contributed by atoms with Crippen molar-refractivity contribution in [3.63, 3.8) is 0 Å². The number of hydrogen-bond acceptors (Lipinski definition) is 7. The maximum absolute atomic E-state index is 13.6. The normalized spacial score (nSPS) is 16.9. The second kappa shape index (κ2) is 12.2. The van der Waals surface area contributed by atoms with Gasteiger partial charge in [-0.3, -0.25) is 9.59 Å². The first-order valence-electron chi connectivity index (χ1n) is 12.2. The molecule has 1 heterocycles. The Labute approximate surface area is 220 Å². The van der Waals surface area contributed by atoms with Crippen molar-refractivity contribution in [2.75, 3.05) is 6.54 Å². The fraction of sp³-hybridized carbons (Fsp3) is 0.214. The number of benzene rings is 3. The van der Waals surface area contributed by atoms with E-state index in [0.29, 0.717) is 16.8 Å². The third kappa shape index (κ3) is 6.65. The lowest BCUT2D eigenvalue weighted by Crippen LogP contribution is -2.56. The van der Waals surface area contributed by atoms with Crippen molar-refractivity contribution in [3.05, 3.63) is 107 Å². The number of nitriles is 1. The van der Waals surface area contributed by atoms with Gasteiger partial charge in [-0.2, -0.15) is 5.26 Å². The zero-order valence-electron chi connectivity index (χ0n) is 20.6. The van der Waals surface area contributed by atoms with E-state index in [2.05, 4.69) is 15.8 Å². The minimum Gasteiger partial charge on any atom is -0.426 e. The molecule has 4 rings (SSSR count). The minimum atomic E-state index is -1.79. The number of nitrogens with zero attached hydrogens (tertiary/aromatic N) is 2. The average Bonchev–Trinajstić information content (AvgIpc) is 3.36. The molecule has 1 aliphatic rings. The molecule has 0 saturated carbocycles. The van der Waals surface area contributed by atoms with Crippen LogP contribution in [0.2, 0.25) is 0 Å². The zero-order chi connectivity index (χ0) is 27.0. The van der Waals surface area contributed by atoms with Crippen LogP contribution >= 0.6 is 0 Å². The van der Waals surface area contributed by atoms with Crippen LogP contribution in [0.1, 0.15) is 33.5 Å². The topological polar surface area (TPSA) is 144 Å². The van der Waals surface area contributed by atoms with E-state index < -0.39 is 24.6 Å². The Balaban J connectivity index is 1.47. The molecule has 0 bridgehead atoms. The molecule has 0 fully saturated rings. The monoisotopic (exact) mass is 510 g/mol. The molecule has 3 aromatic rings. The standard InChI is InChI=1S/C28H27BN4O5/c30-18-22-12-7-13-23(14-22)26(34)31-19-24-17-28(38-33-24,16-21-10-5-2-6-11-21)27(35)32-25(29(36)37)15-20-8-3-1-4-9-20/h1-14,25,36-37H,15-17,19H2,(H,31,34)(H,32,35). The molecule has 0 saturated heterocycles. The molecule has 0 radical (unpaired) electrons. The van der Waals surface area contributed by atoms with Gasteiger partial charge in [-0.25, -0.2) is 0 Å². The van der Waals surface area contributed by atoms with Gasteiger partial charge in [0.05, 0.1) is 29.8 Å². The highest BCUT2D eigenvalue weighted by molar-refractivity contribution is 6.43. The second-order valence-corrected chi connectivity index (χ2v) is 9.14. The number of carbonyl (C=O) groups excluding carboxylic acids is 2. The highest BCUT2D eigenvalue weighted by Crippen LogP contribution is 2.29. The number of oxime groups is 1. The number of hydrogen-bond donors (Lipinski definition) is 4. The predicted octanol–water partition coefficient (Wildman–Crippen LogP) is 1.79. The summed E-state index contributed by atoms with van der Waals surface area (Å²) >= 11 is 0. The number of nitrogens with one attached hydrogen (secondary N) is 2. The van der Waals surface area contributed by atoms with Crippen molar-refractivity contribution in [2.45, 2.75) is 30.8 Å². The predicted molar refractivity (Wildman–Crippen MR) is 142 cm³/mol. The van der Waals surface area contributed by atoms with Crippen LogP contribution in [-0.4, -0.2) is 52.8 Å². The maximum atomic E-state index is 13.6. The van der Waals surface area contributed by atoms with E-state index in [9.17, 15) is 19.6 Å². The van der Waals surface area contributed by atoms with Gasteiger partial charge in [0.25, 0.3) is 11.8 Å². The lowest BCUT2D eigenvalue weighted by molar-refractivity contribution is -0.144. The summed E-state index contributed by atoms with van der Waals surface area (Å²) in [7, 11) is -1.79. The Morgan fingerprint density at radius 3 is 2.37 bits per heavy atom. The quantitative estimate of drug-likeness (QED) is 0.306. The van der Waals surface area contributed by atoms with Crippen LogP contribution in [0.4, 0.5) is 0 Å². The Kier molecular flexibility index (Phi) is 8.53. The first-order chi connectivity index (χ1) is 18.4. The summed E-state index contributed by atoms with van der Waals surface area (Å²) in [5, 5.41) is 38.6. The lowest BCUT2D eigenvalue weighted by Gasteiger charge is -2.28. The molecule has 2 amide bonds. The highest BCUT2D eigenvalue weighted by atomic mass is 16.7. The van der Waals surface area contributed by atoms with Gasteiger partial charge < -0.3 is 25.5 Å². The summed E-state index contributed by atoms with van der Waals surface area (Å²) in [4.78, 5) is 31.9. The highest BCUT2D eigenvalue weighted by Gasteiger charge is 2.48. The largest absolute Gasteiger partial charge is 0.475 e. The van der Waals surface area contributed by atoms with Gasteiger partial charge in [-0.15, -0.1) is 0 Å². The van der Waals surface area contributed by atoms with Crippen LogP contribution in [-0.2, 0) is 22.5 Å². The van der Waals surface area contributed by atoms with E-state index in [-0.39, 0.29) is 31.7 Å². The van der Waals surface area contributed by atoms with Gasteiger partial charge >= 0.3 is 7.12 Å². The van der Waals surface area contributed by atoms with E-state index in [1.165, 1.54) is 6.07 Å². The van der Waals surface area contributed by atoms with Crippen molar-refractivity contribution >= 4 is 24.6 Å². The molecule has 2 atom stereocenters. The molecule has 4 N–H and O–H groups in total. The van der Waals surface area contributed by atoms with Crippen molar-refractivity contribution in [2.24, 2.45) is 5.16 Å². The van der Waals surface area contributed by atoms with Crippen molar-refractivity contribution < 1.29 is 24.5 Å². The molecule has 192 valence electrons. The van der Waals surface area contributed by atoms with Crippen molar-refractivity contribution in [3.8, 4) is 6.07 Å². The third-order valence-electron chi connectivity index (χ3n) is 6.27. The molecule has 2 unspecified atom stereocenters. The first-order valence-corrected chi connectivity index (χ1v) is 12.2. The summed E-state index contributed by atoms with van der Waals surface area (Å²) in [5.74, 6) is -1.90. The average molecular weight is 510 g/mol. The molecular weight excluding hydrogens is 483 g/mol. The Morgan fingerprint density at radius 1 is 1.03 bits per heavy atom. The fourth-order valence-electron chi connectivity index (χ4n) is 4.28. The Bertz CT molecular complexity index is 1340. The molecule has 3 aromatic carbocycles. The van der Waals surface area contributed by atoms with Gasteiger partial charge in [0.15, 0.2) is 0 Å². The number of amides is 2. The maximum Gasteiger partial charge on any atom is 0.475 e. The van der Waals surface area contributed by atoms with E-state index in [0.717, 1.165) is 11.1 Å². The van der Waals surface area contributed by atoms with Gasteiger partial charge in [-0.1, -0.05) is 71.9 Å². The number of rotatable bonds is 10. The van der Waals surface area contributed by atoms with Crippen LogP contribution < -0.4 is 10.6 Å². The molecule has 38 heavy (non-hydrogen) atoms. The van der Waals surface area contributed by atoms with Gasteiger partial charge in [0.2, 0.25) is 5.60 Å². The van der Waals surface area contributed by atoms with Crippen molar-refractivity contribution in [1.82, 2.24) is 10.6 Å². The van der Waals surface area contributed by atoms with Crippen molar-refractivity contribution in [1.29, 1.82) is 5.26 Å². The van der Waals surface area contributed by atoms with Gasteiger partial charge in [0.1, 0.15) is 0 Å². The van der Waals surface area contributed by atoms with Crippen LogP contribution in [0, 0.1) is 11.3 Å². The van der Waals surface area contributed by atoms with E-state index in [4.69, 9.17) is 10.1 Å². The molecule has 10 heteroatoms. The molecule has 9 nitrogen and oxygen atoms in total. The summed E-state index contributed by atoms with van der Waals surface area (Å²) in [6.45, 7) is 0.0372. The smallest absolute Gasteiger partial charge is 0.426 e. The Hall–Kier alpha value is -4.46. The van der Waals surface area contributed by atoms with Crippen LogP contribution in [0.15, 0.2) is 90.1 Å². The lowest BCUT2D eigenvalue weighted by atomic mass is 9.75. The van der Waals surface area contributed by atoms with E-state index in [1.807, 2.05) is 66.7 Å². The van der Waals surface area contributed by atoms with Crippen LogP contribution in [0.5, 0.6) is 0 Å². The SMILES string of the molecule is N#Cc1cccc(C(=O)NCC2=NOC(Cc3ccccc3)(C(=O)NC(Cc3ccccc3)B(O)O)C2)c1. The molecule has 0 aliphatic carbocycles. The summed E-state index contributed by atoms with van der Waals surface area (Å²) in [6, 6.07) is 26.8. The molecular formula is C28H27BN4O5. The zero-order valence-corrected chi connectivity index (χ0v) is 20.6. The van der Waals surface area contributed by atoms with Crippen LogP contribution in [0.25, 0.3) is 0 Å². The molecule has 0 spiro atoms. The number of carbonyl (C=O) groups is 2. The Morgan fingerprint density at radius 2 is 1.71 bits per heavy atom. The molecule has 1 aliphatic heterocycles.